The minimum Gasteiger partial charge on any atom is -0.486 e. The van der Waals surface area contributed by atoms with Crippen LogP contribution >= 0.6 is 39.7 Å². The van der Waals surface area contributed by atoms with Crippen LogP contribution in [0.3, 0.4) is 0 Å². The van der Waals surface area contributed by atoms with E-state index in [2.05, 4.69) is 31.8 Å². The van der Waals surface area contributed by atoms with Crippen molar-refractivity contribution in [1.82, 2.24) is 10.7 Å². The standard InChI is InChI=1S/C17H16BrClFN3OS/c1-2-21-17(25)23-22-9-12-7-14(18)16(15(19)8-12)24-10-11-3-5-13(20)6-4-11/h3-9H,2,10H2,1H3,(H2,21,23,25)/b22-9-. The van der Waals surface area contributed by atoms with E-state index in [0.29, 0.717) is 20.4 Å². The van der Waals surface area contributed by atoms with E-state index in [-0.39, 0.29) is 12.4 Å². The highest BCUT2D eigenvalue weighted by Gasteiger charge is 2.09. The van der Waals surface area contributed by atoms with E-state index in [1.807, 2.05) is 13.0 Å². The molecule has 0 aliphatic heterocycles. The van der Waals surface area contributed by atoms with E-state index in [0.717, 1.165) is 17.7 Å². The topological polar surface area (TPSA) is 45.7 Å². The molecule has 0 saturated heterocycles. The van der Waals surface area contributed by atoms with Crippen LogP contribution in [0.25, 0.3) is 0 Å². The summed E-state index contributed by atoms with van der Waals surface area (Å²) in [6.07, 6.45) is 1.60. The molecule has 8 heteroatoms. The molecule has 132 valence electrons. The van der Waals surface area contributed by atoms with Crippen molar-refractivity contribution in [3.63, 3.8) is 0 Å². The summed E-state index contributed by atoms with van der Waals surface area (Å²) in [6.45, 7) is 2.95. The number of thiocarbonyl (C=S) groups is 1. The van der Waals surface area contributed by atoms with Crippen molar-refractivity contribution < 1.29 is 9.13 Å². The van der Waals surface area contributed by atoms with E-state index in [9.17, 15) is 4.39 Å². The highest BCUT2D eigenvalue weighted by atomic mass is 79.9. The van der Waals surface area contributed by atoms with Gasteiger partial charge >= 0.3 is 0 Å². The molecule has 0 heterocycles. The number of hydrogen-bond donors (Lipinski definition) is 2. The Hall–Kier alpha value is -1.70. The fraction of sp³-hybridized carbons (Fsp3) is 0.176. The summed E-state index contributed by atoms with van der Waals surface area (Å²) in [7, 11) is 0. The normalized spacial score (nSPS) is 10.7. The second-order valence-electron chi connectivity index (χ2n) is 4.96. The predicted molar refractivity (Wildman–Crippen MR) is 107 cm³/mol. The molecule has 0 bridgehead atoms. The SMILES string of the molecule is CCNC(=S)N/N=C\c1cc(Cl)c(OCc2ccc(F)cc2)c(Br)c1. The van der Waals surface area contributed by atoms with Gasteiger partial charge < -0.3 is 10.1 Å². The van der Waals surface area contributed by atoms with E-state index >= 15 is 0 Å². The lowest BCUT2D eigenvalue weighted by Gasteiger charge is -2.11. The highest BCUT2D eigenvalue weighted by Crippen LogP contribution is 2.34. The largest absolute Gasteiger partial charge is 0.486 e. The number of nitrogens with one attached hydrogen (secondary N) is 2. The lowest BCUT2D eigenvalue weighted by atomic mass is 10.2. The quantitative estimate of drug-likeness (QED) is 0.387. The maximum Gasteiger partial charge on any atom is 0.186 e. The van der Waals surface area contributed by atoms with Crippen LogP contribution in [-0.4, -0.2) is 17.9 Å². The molecule has 2 rings (SSSR count). The molecule has 2 aromatic rings. The summed E-state index contributed by atoms with van der Waals surface area (Å²) >= 11 is 14.7. The summed E-state index contributed by atoms with van der Waals surface area (Å²) in [5.74, 6) is 0.230. The molecule has 0 radical (unpaired) electrons. The second-order valence-corrected chi connectivity index (χ2v) is 6.63. The molecule has 0 aliphatic carbocycles. The number of ether oxygens (including phenoxy) is 1. The highest BCUT2D eigenvalue weighted by molar-refractivity contribution is 9.10. The van der Waals surface area contributed by atoms with E-state index in [1.54, 1.807) is 24.4 Å². The minimum atomic E-state index is -0.283. The molecule has 0 aromatic heterocycles. The van der Waals surface area contributed by atoms with Gasteiger partial charge in [-0.05, 0) is 70.5 Å². The zero-order valence-corrected chi connectivity index (χ0v) is 16.5. The number of rotatable bonds is 6. The average molecular weight is 445 g/mol. The van der Waals surface area contributed by atoms with Crippen molar-refractivity contribution >= 4 is 51.1 Å². The Kier molecular flexibility index (Phi) is 7.61. The molecule has 0 amide bonds. The minimum absolute atomic E-state index is 0.282. The fourth-order valence-electron chi connectivity index (χ4n) is 1.89. The van der Waals surface area contributed by atoms with Crippen molar-refractivity contribution in [2.45, 2.75) is 13.5 Å². The molecule has 0 saturated carbocycles. The summed E-state index contributed by atoms with van der Waals surface area (Å²) < 4.78 is 19.3. The number of halogens is 3. The van der Waals surface area contributed by atoms with E-state index in [1.165, 1.54) is 12.1 Å². The lowest BCUT2D eigenvalue weighted by molar-refractivity contribution is 0.304. The van der Waals surface area contributed by atoms with E-state index in [4.69, 9.17) is 28.6 Å². The van der Waals surface area contributed by atoms with Gasteiger partial charge in [0.1, 0.15) is 12.4 Å². The number of nitrogens with zero attached hydrogens (tertiary/aromatic N) is 1. The van der Waals surface area contributed by atoms with Gasteiger partial charge in [-0.25, -0.2) is 4.39 Å². The second kappa shape index (κ2) is 9.70. The Morgan fingerprint density at radius 3 is 2.72 bits per heavy atom. The van der Waals surface area contributed by atoms with Crippen molar-refractivity contribution in [1.29, 1.82) is 0 Å². The van der Waals surface area contributed by atoms with Gasteiger partial charge in [-0.3, -0.25) is 5.43 Å². The van der Waals surface area contributed by atoms with Crippen LogP contribution in [0.2, 0.25) is 5.02 Å². The Bertz CT molecular complexity index is 748. The summed E-state index contributed by atoms with van der Waals surface area (Å²) in [6, 6.07) is 9.66. The van der Waals surface area contributed by atoms with Crippen LogP contribution < -0.4 is 15.5 Å². The number of hydrazone groups is 1. The maximum atomic E-state index is 12.9. The average Bonchev–Trinajstić information content (AvgIpc) is 2.56. The molecule has 0 aliphatic rings. The van der Waals surface area contributed by atoms with Gasteiger partial charge in [-0.15, -0.1) is 0 Å². The molecule has 0 unspecified atom stereocenters. The molecule has 0 fully saturated rings. The van der Waals surface area contributed by atoms with Crippen LogP contribution in [0.5, 0.6) is 5.75 Å². The van der Waals surface area contributed by atoms with Crippen molar-refractivity contribution in [2.24, 2.45) is 5.10 Å². The molecule has 0 atom stereocenters. The van der Waals surface area contributed by atoms with Gasteiger partial charge in [0.2, 0.25) is 0 Å². The third-order valence-electron chi connectivity index (χ3n) is 3.03. The van der Waals surface area contributed by atoms with Crippen LogP contribution in [0, 0.1) is 5.82 Å². The van der Waals surface area contributed by atoms with Gasteiger partial charge in [0.15, 0.2) is 10.9 Å². The molecule has 4 nitrogen and oxygen atoms in total. The first-order valence-corrected chi connectivity index (χ1v) is 9.00. The molecule has 25 heavy (non-hydrogen) atoms. The third-order valence-corrected chi connectivity index (χ3v) is 4.14. The smallest absolute Gasteiger partial charge is 0.186 e. The van der Waals surface area contributed by atoms with Gasteiger partial charge in [-0.2, -0.15) is 5.10 Å². The van der Waals surface area contributed by atoms with Crippen LogP contribution in [0.15, 0.2) is 46.0 Å². The van der Waals surface area contributed by atoms with Crippen molar-refractivity contribution in [3.8, 4) is 5.75 Å². The van der Waals surface area contributed by atoms with Crippen molar-refractivity contribution in [3.05, 3.63) is 62.8 Å². The third kappa shape index (κ3) is 6.26. The fourth-order valence-corrected chi connectivity index (χ4v) is 3.08. The zero-order chi connectivity index (χ0) is 18.2. The molecule has 0 spiro atoms. The Balaban J connectivity index is 2.02. The summed E-state index contributed by atoms with van der Waals surface area (Å²) in [4.78, 5) is 0. The Labute approximate surface area is 164 Å². The molecule has 2 aromatic carbocycles. The van der Waals surface area contributed by atoms with Crippen LogP contribution in [0.4, 0.5) is 4.39 Å². The number of hydrogen-bond acceptors (Lipinski definition) is 3. The first kappa shape index (κ1) is 19.6. The predicted octanol–water partition coefficient (Wildman–Crippen LogP) is 4.64. The van der Waals surface area contributed by atoms with Gasteiger partial charge in [0.25, 0.3) is 0 Å². The lowest BCUT2D eigenvalue weighted by Crippen LogP contribution is -2.31. The monoisotopic (exact) mass is 443 g/mol. The van der Waals surface area contributed by atoms with Crippen LogP contribution in [0.1, 0.15) is 18.1 Å². The van der Waals surface area contributed by atoms with Crippen LogP contribution in [-0.2, 0) is 6.61 Å². The molecular formula is C17H16BrClFN3OS. The summed E-state index contributed by atoms with van der Waals surface area (Å²) in [5.41, 5.74) is 4.33. The van der Waals surface area contributed by atoms with Gasteiger partial charge in [0, 0.05) is 6.54 Å². The summed E-state index contributed by atoms with van der Waals surface area (Å²) in [5, 5.41) is 7.85. The van der Waals surface area contributed by atoms with Crippen molar-refractivity contribution in [2.75, 3.05) is 6.54 Å². The molecule has 2 N–H and O–H groups in total. The van der Waals surface area contributed by atoms with Gasteiger partial charge in [-0.1, -0.05) is 23.7 Å². The van der Waals surface area contributed by atoms with Gasteiger partial charge in [0.05, 0.1) is 15.7 Å². The first-order valence-electron chi connectivity index (χ1n) is 7.42. The molecular weight excluding hydrogens is 429 g/mol. The zero-order valence-electron chi connectivity index (χ0n) is 13.4. The number of benzene rings is 2. The Morgan fingerprint density at radius 1 is 1.36 bits per heavy atom. The van der Waals surface area contributed by atoms with E-state index < -0.39 is 0 Å². The Morgan fingerprint density at radius 2 is 2.08 bits per heavy atom. The first-order chi connectivity index (χ1) is 12.0. The maximum absolute atomic E-state index is 12.9.